The summed E-state index contributed by atoms with van der Waals surface area (Å²) in [5.74, 6) is 0. The molecule has 0 aliphatic carbocycles. The minimum Gasteiger partial charge on any atom is -0.346 e. The lowest BCUT2D eigenvalue weighted by Gasteiger charge is -2.01. The largest absolute Gasteiger partial charge is 0.346 e. The summed E-state index contributed by atoms with van der Waals surface area (Å²) in [6, 6.07) is 10.00. The Kier molecular flexibility index (Phi) is 3.18. The van der Waals surface area contributed by atoms with Gasteiger partial charge in [-0.05, 0) is 36.4 Å². The van der Waals surface area contributed by atoms with Crippen LogP contribution in [0.15, 0.2) is 59.9 Å². The van der Waals surface area contributed by atoms with E-state index in [1.165, 1.54) is 12.1 Å². The third-order valence-electron chi connectivity index (χ3n) is 3.62. The zero-order chi connectivity index (χ0) is 16.7. The Morgan fingerprint density at radius 2 is 1.92 bits per heavy atom. The molecular weight excluding hydrogens is 328 g/mol. The second-order valence-corrected chi connectivity index (χ2v) is 6.79. The highest BCUT2D eigenvalue weighted by Gasteiger charge is 2.10. The van der Waals surface area contributed by atoms with Gasteiger partial charge in [-0.1, -0.05) is 5.21 Å². The number of benzene rings is 1. The number of nitrogens with zero attached hydrogens (tertiary/aromatic N) is 4. The predicted octanol–water partition coefficient (Wildman–Crippen LogP) is 1.46. The van der Waals surface area contributed by atoms with Crippen molar-refractivity contribution in [1.82, 2.24) is 25.0 Å². The van der Waals surface area contributed by atoms with Gasteiger partial charge in [0.25, 0.3) is 0 Å². The number of hydrogen-bond donors (Lipinski definition) is 2. The molecule has 120 valence electrons. The molecule has 3 heterocycles. The van der Waals surface area contributed by atoms with E-state index in [1.54, 1.807) is 29.2 Å². The van der Waals surface area contributed by atoms with Crippen LogP contribution in [-0.2, 0) is 10.0 Å². The first kappa shape index (κ1) is 14.5. The number of primary sulfonamides is 1. The Bertz CT molecular complexity index is 1130. The second kappa shape index (κ2) is 5.25. The number of pyridine rings is 1. The first-order chi connectivity index (χ1) is 11.5. The quantitative estimate of drug-likeness (QED) is 0.585. The molecular formula is C15H12N6O2S. The molecule has 9 heteroatoms. The number of aromatic amines is 1. The fourth-order valence-electron chi connectivity index (χ4n) is 2.39. The Hall–Kier alpha value is -3.04. The number of fused-ring (bicyclic) bond motifs is 1. The van der Waals surface area contributed by atoms with E-state index in [2.05, 4.69) is 20.3 Å². The average Bonchev–Trinajstić information content (AvgIpc) is 3.22. The highest BCUT2D eigenvalue weighted by molar-refractivity contribution is 7.89. The van der Waals surface area contributed by atoms with Crippen LogP contribution in [0.25, 0.3) is 28.0 Å². The van der Waals surface area contributed by atoms with Crippen LogP contribution >= 0.6 is 0 Å². The van der Waals surface area contributed by atoms with Crippen molar-refractivity contribution < 1.29 is 8.42 Å². The molecule has 0 fully saturated rings. The Morgan fingerprint density at radius 1 is 1.12 bits per heavy atom. The van der Waals surface area contributed by atoms with Gasteiger partial charge < -0.3 is 4.98 Å². The monoisotopic (exact) mass is 340 g/mol. The van der Waals surface area contributed by atoms with Crippen LogP contribution in [0.3, 0.4) is 0 Å². The molecule has 0 radical (unpaired) electrons. The molecule has 0 aliphatic rings. The van der Waals surface area contributed by atoms with Gasteiger partial charge in [0.1, 0.15) is 11.3 Å². The van der Waals surface area contributed by atoms with Crippen LogP contribution in [0, 0.1) is 0 Å². The van der Waals surface area contributed by atoms with Crippen molar-refractivity contribution >= 4 is 21.1 Å². The maximum Gasteiger partial charge on any atom is 0.238 e. The maximum absolute atomic E-state index is 11.3. The third kappa shape index (κ3) is 2.55. The van der Waals surface area contributed by atoms with Crippen molar-refractivity contribution in [2.24, 2.45) is 5.14 Å². The highest BCUT2D eigenvalue weighted by atomic mass is 32.2. The minimum atomic E-state index is -3.71. The number of rotatable bonds is 3. The van der Waals surface area contributed by atoms with Crippen LogP contribution in [0.2, 0.25) is 0 Å². The molecule has 4 rings (SSSR count). The zero-order valence-corrected chi connectivity index (χ0v) is 13.1. The summed E-state index contributed by atoms with van der Waals surface area (Å²) in [5.41, 5.74) is 3.00. The molecule has 0 atom stereocenters. The van der Waals surface area contributed by atoms with Crippen molar-refractivity contribution in [2.45, 2.75) is 4.90 Å². The summed E-state index contributed by atoms with van der Waals surface area (Å²) in [6.45, 7) is 0. The molecule has 24 heavy (non-hydrogen) atoms. The van der Waals surface area contributed by atoms with Gasteiger partial charge in [0.05, 0.1) is 16.8 Å². The van der Waals surface area contributed by atoms with Crippen molar-refractivity contribution in [3.8, 4) is 16.9 Å². The summed E-state index contributed by atoms with van der Waals surface area (Å²) in [5, 5.41) is 14.3. The van der Waals surface area contributed by atoms with Gasteiger partial charge in [-0.3, -0.25) is 0 Å². The molecule has 0 spiro atoms. The van der Waals surface area contributed by atoms with Crippen LogP contribution in [0.5, 0.6) is 0 Å². The number of sulfonamides is 1. The summed E-state index contributed by atoms with van der Waals surface area (Å²) in [6.07, 6.45) is 5.30. The molecule has 4 aromatic rings. The summed E-state index contributed by atoms with van der Waals surface area (Å²) < 4.78 is 24.1. The number of aromatic nitrogens is 5. The normalized spacial score (nSPS) is 11.9. The Balaban J connectivity index is 1.69. The van der Waals surface area contributed by atoms with Crippen LogP contribution in [0.4, 0.5) is 0 Å². The van der Waals surface area contributed by atoms with E-state index in [9.17, 15) is 8.42 Å². The third-order valence-corrected chi connectivity index (χ3v) is 4.55. The molecule has 0 bridgehead atoms. The van der Waals surface area contributed by atoms with Gasteiger partial charge in [-0.25, -0.2) is 23.2 Å². The molecule has 0 unspecified atom stereocenters. The molecule has 0 saturated carbocycles. The minimum absolute atomic E-state index is 0.0497. The Labute approximate surface area is 137 Å². The van der Waals surface area contributed by atoms with E-state index in [1.807, 2.05) is 18.3 Å². The second-order valence-electron chi connectivity index (χ2n) is 5.23. The molecule has 0 aliphatic heterocycles. The van der Waals surface area contributed by atoms with Crippen molar-refractivity contribution in [3.63, 3.8) is 0 Å². The first-order valence-electron chi connectivity index (χ1n) is 7.00. The average molecular weight is 340 g/mol. The predicted molar refractivity (Wildman–Crippen MR) is 87.8 cm³/mol. The number of H-pyrrole nitrogens is 1. The molecule has 3 aromatic heterocycles. The molecule has 0 amide bonds. The SMILES string of the molecule is NS(=O)(=O)c1ccc(-n2cc(-c3cnc4[nH]ccc4c3)nn2)cc1. The summed E-state index contributed by atoms with van der Waals surface area (Å²) >= 11 is 0. The van der Waals surface area contributed by atoms with Crippen molar-refractivity contribution in [1.29, 1.82) is 0 Å². The van der Waals surface area contributed by atoms with Crippen LogP contribution < -0.4 is 5.14 Å². The standard InChI is InChI=1S/C15H12N6O2S/c16-24(22,23)13-3-1-12(2-4-13)21-9-14(19-20-21)11-7-10-5-6-17-15(10)18-8-11/h1-9H,(H,17,18)(H2,16,22,23). The zero-order valence-electron chi connectivity index (χ0n) is 12.3. The summed E-state index contributed by atoms with van der Waals surface area (Å²) in [7, 11) is -3.71. The summed E-state index contributed by atoms with van der Waals surface area (Å²) in [4.78, 5) is 7.41. The lowest BCUT2D eigenvalue weighted by molar-refractivity contribution is 0.598. The van der Waals surface area contributed by atoms with Gasteiger partial charge in [0.2, 0.25) is 10.0 Å². The number of nitrogens with two attached hydrogens (primary N) is 1. The van der Waals surface area contributed by atoms with Crippen molar-refractivity contribution in [3.05, 3.63) is 55.0 Å². The Morgan fingerprint density at radius 3 is 2.67 bits per heavy atom. The van der Waals surface area contributed by atoms with Crippen LogP contribution in [-0.4, -0.2) is 33.4 Å². The van der Waals surface area contributed by atoms with Gasteiger partial charge >= 0.3 is 0 Å². The van der Waals surface area contributed by atoms with E-state index in [4.69, 9.17) is 5.14 Å². The highest BCUT2D eigenvalue weighted by Crippen LogP contribution is 2.21. The lowest BCUT2D eigenvalue weighted by atomic mass is 10.2. The first-order valence-corrected chi connectivity index (χ1v) is 8.54. The van der Waals surface area contributed by atoms with Crippen molar-refractivity contribution in [2.75, 3.05) is 0 Å². The van der Waals surface area contributed by atoms with Gasteiger partial charge in [-0.15, -0.1) is 5.10 Å². The smallest absolute Gasteiger partial charge is 0.238 e. The van der Waals surface area contributed by atoms with Gasteiger partial charge in [0, 0.05) is 23.3 Å². The van der Waals surface area contributed by atoms with Gasteiger partial charge in [-0.2, -0.15) is 0 Å². The van der Waals surface area contributed by atoms with Gasteiger partial charge in [0.15, 0.2) is 0 Å². The lowest BCUT2D eigenvalue weighted by Crippen LogP contribution is -2.12. The van der Waals surface area contributed by atoms with E-state index in [0.717, 1.165) is 16.6 Å². The molecule has 0 saturated heterocycles. The topological polar surface area (TPSA) is 120 Å². The number of nitrogens with one attached hydrogen (secondary N) is 1. The van der Waals surface area contributed by atoms with E-state index >= 15 is 0 Å². The maximum atomic E-state index is 11.3. The van der Waals surface area contributed by atoms with E-state index in [0.29, 0.717) is 11.4 Å². The van der Waals surface area contributed by atoms with E-state index < -0.39 is 10.0 Å². The molecule has 1 aromatic carbocycles. The van der Waals surface area contributed by atoms with E-state index in [-0.39, 0.29) is 4.90 Å². The molecule has 3 N–H and O–H groups in total. The fourth-order valence-corrected chi connectivity index (χ4v) is 2.91. The fraction of sp³-hybridized carbons (Fsp3) is 0. The van der Waals surface area contributed by atoms with Crippen LogP contribution in [0.1, 0.15) is 0 Å². The molecule has 8 nitrogen and oxygen atoms in total. The number of hydrogen-bond acceptors (Lipinski definition) is 5.